The minimum absolute atomic E-state index is 0.122. The third-order valence-electron chi connectivity index (χ3n) is 3.34. The summed E-state index contributed by atoms with van der Waals surface area (Å²) in [6, 6.07) is 7.09. The van der Waals surface area contributed by atoms with Gasteiger partial charge < -0.3 is 15.4 Å². The number of carbonyl (C=O) groups is 1. The van der Waals surface area contributed by atoms with Gasteiger partial charge in [-0.05, 0) is 39.0 Å². The van der Waals surface area contributed by atoms with Gasteiger partial charge in [-0.3, -0.25) is 4.79 Å². The Morgan fingerprint density at radius 3 is 2.92 bits per heavy atom. The number of thioether (sulfide) groups is 1. The molecule has 0 atom stereocenters. The van der Waals surface area contributed by atoms with Gasteiger partial charge in [-0.15, -0.1) is 0 Å². The largest absolute Gasteiger partial charge is 0.378 e. The van der Waals surface area contributed by atoms with Crippen molar-refractivity contribution in [3.05, 3.63) is 53.1 Å². The van der Waals surface area contributed by atoms with Crippen LogP contribution < -0.4 is 5.32 Å². The van der Waals surface area contributed by atoms with Crippen LogP contribution in [0.3, 0.4) is 0 Å². The molecule has 1 amide bonds. The van der Waals surface area contributed by atoms with E-state index in [1.54, 1.807) is 50.1 Å². The fourth-order valence-corrected chi connectivity index (χ4v) is 2.88. The maximum absolute atomic E-state index is 12.2. The fraction of sp³-hybridized carbons (Fsp3) is 0.368. The molecule has 0 aliphatic heterocycles. The van der Waals surface area contributed by atoms with Gasteiger partial charge in [-0.1, -0.05) is 17.9 Å². The second kappa shape index (κ2) is 8.75. The number of imidazole rings is 1. The summed E-state index contributed by atoms with van der Waals surface area (Å²) >= 11 is 1.73. The number of aryl methyl sites for hydroxylation is 1. The van der Waals surface area contributed by atoms with Gasteiger partial charge >= 0.3 is 0 Å². The molecule has 2 rings (SSSR count). The standard InChI is InChI=1S/C19H23N3O2S/c1-14-17(22-13-21-14)12-25-10-9-20-18(23)16-6-4-5-15(11-16)7-8-19(2,3)24/h4-6,11,13,24H,9-10,12H2,1-3H3,(H,20,23)(H,21,22). The van der Waals surface area contributed by atoms with Crippen LogP contribution in [0.4, 0.5) is 0 Å². The Balaban J connectivity index is 1.80. The van der Waals surface area contributed by atoms with Crippen molar-refractivity contribution in [2.24, 2.45) is 0 Å². The molecular formula is C19H23N3O2S. The average molecular weight is 357 g/mol. The predicted octanol–water partition coefficient (Wildman–Crippen LogP) is 2.50. The maximum atomic E-state index is 12.2. The van der Waals surface area contributed by atoms with Gasteiger partial charge in [0.15, 0.2) is 0 Å². The molecule has 25 heavy (non-hydrogen) atoms. The van der Waals surface area contributed by atoms with Crippen LogP contribution in [0.15, 0.2) is 30.6 Å². The first-order valence-corrected chi connectivity index (χ1v) is 9.21. The molecule has 0 saturated carbocycles. The molecule has 1 heterocycles. The van der Waals surface area contributed by atoms with Crippen molar-refractivity contribution in [2.75, 3.05) is 12.3 Å². The molecule has 5 nitrogen and oxygen atoms in total. The summed E-state index contributed by atoms with van der Waals surface area (Å²) in [7, 11) is 0. The normalized spacial score (nSPS) is 10.9. The molecule has 0 aliphatic rings. The lowest BCUT2D eigenvalue weighted by Gasteiger charge is -2.07. The summed E-state index contributed by atoms with van der Waals surface area (Å²) in [5.74, 6) is 7.15. The minimum Gasteiger partial charge on any atom is -0.378 e. The van der Waals surface area contributed by atoms with Gasteiger partial charge in [0.25, 0.3) is 5.91 Å². The van der Waals surface area contributed by atoms with Crippen LogP contribution in [0.2, 0.25) is 0 Å². The molecule has 0 radical (unpaired) electrons. The number of benzene rings is 1. The molecule has 0 spiro atoms. The Morgan fingerprint density at radius 2 is 2.24 bits per heavy atom. The molecular weight excluding hydrogens is 334 g/mol. The first kappa shape index (κ1) is 19.1. The average Bonchev–Trinajstić information content (AvgIpc) is 2.97. The Labute approximate surface area is 152 Å². The van der Waals surface area contributed by atoms with E-state index < -0.39 is 5.60 Å². The number of aliphatic hydroxyl groups is 1. The lowest BCUT2D eigenvalue weighted by molar-refractivity contribution is 0.0956. The molecule has 0 saturated heterocycles. The van der Waals surface area contributed by atoms with Crippen molar-refractivity contribution in [3.8, 4) is 11.8 Å². The molecule has 0 aliphatic carbocycles. The van der Waals surface area contributed by atoms with Crippen molar-refractivity contribution in [3.63, 3.8) is 0 Å². The number of rotatable bonds is 6. The minimum atomic E-state index is -1.05. The zero-order valence-corrected chi connectivity index (χ0v) is 15.5. The van der Waals surface area contributed by atoms with Crippen molar-refractivity contribution >= 4 is 17.7 Å². The number of hydrogen-bond acceptors (Lipinski definition) is 4. The summed E-state index contributed by atoms with van der Waals surface area (Å²) in [5, 5.41) is 12.6. The number of hydrogen-bond donors (Lipinski definition) is 3. The molecule has 0 bridgehead atoms. The van der Waals surface area contributed by atoms with Crippen LogP contribution in [0.1, 0.15) is 41.2 Å². The maximum Gasteiger partial charge on any atom is 0.251 e. The number of aromatic nitrogens is 2. The number of aromatic amines is 1. The van der Waals surface area contributed by atoms with E-state index in [2.05, 4.69) is 27.1 Å². The lowest BCUT2D eigenvalue weighted by atomic mass is 10.1. The molecule has 2 aromatic rings. The number of nitrogens with one attached hydrogen (secondary N) is 2. The highest BCUT2D eigenvalue weighted by atomic mass is 32.2. The van der Waals surface area contributed by atoms with Crippen LogP contribution in [-0.4, -0.2) is 38.9 Å². The molecule has 0 unspecified atom stereocenters. The van der Waals surface area contributed by atoms with E-state index >= 15 is 0 Å². The Bertz CT molecular complexity index is 782. The monoisotopic (exact) mass is 357 g/mol. The van der Waals surface area contributed by atoms with Crippen LogP contribution in [0.5, 0.6) is 0 Å². The van der Waals surface area contributed by atoms with E-state index in [9.17, 15) is 9.90 Å². The highest BCUT2D eigenvalue weighted by Gasteiger charge is 2.08. The smallest absolute Gasteiger partial charge is 0.251 e. The molecule has 1 aromatic carbocycles. The molecule has 132 valence electrons. The number of carbonyl (C=O) groups excluding carboxylic acids is 1. The SMILES string of the molecule is Cc1[nH]cnc1CSCCNC(=O)c1cccc(C#CC(C)(C)O)c1. The van der Waals surface area contributed by atoms with Gasteiger partial charge in [-0.25, -0.2) is 4.98 Å². The summed E-state index contributed by atoms with van der Waals surface area (Å²) in [6.45, 7) is 5.84. The first-order valence-electron chi connectivity index (χ1n) is 8.05. The zero-order valence-electron chi connectivity index (χ0n) is 14.7. The summed E-state index contributed by atoms with van der Waals surface area (Å²) in [4.78, 5) is 19.5. The molecule has 3 N–H and O–H groups in total. The van der Waals surface area contributed by atoms with Crippen LogP contribution in [0, 0.1) is 18.8 Å². The number of H-pyrrole nitrogens is 1. The van der Waals surface area contributed by atoms with Crippen molar-refractivity contribution < 1.29 is 9.90 Å². The fourth-order valence-electron chi connectivity index (χ4n) is 2.00. The number of nitrogens with zero attached hydrogens (tertiary/aromatic N) is 1. The van der Waals surface area contributed by atoms with E-state index in [1.807, 2.05) is 13.0 Å². The highest BCUT2D eigenvalue weighted by Crippen LogP contribution is 2.12. The van der Waals surface area contributed by atoms with Crippen molar-refractivity contribution in [1.29, 1.82) is 0 Å². The third kappa shape index (κ3) is 6.65. The molecule has 1 aromatic heterocycles. The second-order valence-corrected chi connectivity index (χ2v) is 7.28. The Morgan fingerprint density at radius 1 is 1.44 bits per heavy atom. The Hall–Kier alpha value is -2.23. The van der Waals surface area contributed by atoms with E-state index in [-0.39, 0.29) is 5.91 Å². The van der Waals surface area contributed by atoms with Gasteiger partial charge in [0.05, 0.1) is 12.0 Å². The Kier molecular flexibility index (Phi) is 6.68. The van der Waals surface area contributed by atoms with E-state index in [1.165, 1.54) is 0 Å². The van der Waals surface area contributed by atoms with Gasteiger partial charge in [-0.2, -0.15) is 11.8 Å². The highest BCUT2D eigenvalue weighted by molar-refractivity contribution is 7.98. The summed E-state index contributed by atoms with van der Waals surface area (Å²) in [6.07, 6.45) is 1.70. The third-order valence-corrected chi connectivity index (χ3v) is 4.31. The van der Waals surface area contributed by atoms with Gasteiger partial charge in [0.2, 0.25) is 0 Å². The lowest BCUT2D eigenvalue weighted by Crippen LogP contribution is -2.25. The second-order valence-electron chi connectivity index (χ2n) is 6.17. The summed E-state index contributed by atoms with van der Waals surface area (Å²) in [5.41, 5.74) is 2.35. The zero-order chi connectivity index (χ0) is 18.3. The van der Waals surface area contributed by atoms with Gasteiger partial charge in [0.1, 0.15) is 5.60 Å². The first-order chi connectivity index (χ1) is 11.8. The quantitative estimate of drug-likeness (QED) is 0.548. The predicted molar refractivity (Wildman–Crippen MR) is 101 cm³/mol. The summed E-state index contributed by atoms with van der Waals surface area (Å²) < 4.78 is 0. The van der Waals surface area contributed by atoms with E-state index in [0.29, 0.717) is 17.7 Å². The topological polar surface area (TPSA) is 78.0 Å². The molecule has 0 fully saturated rings. The van der Waals surface area contributed by atoms with E-state index in [4.69, 9.17) is 0 Å². The van der Waals surface area contributed by atoms with Crippen LogP contribution in [-0.2, 0) is 5.75 Å². The van der Waals surface area contributed by atoms with Crippen molar-refractivity contribution in [2.45, 2.75) is 32.1 Å². The van der Waals surface area contributed by atoms with Crippen molar-refractivity contribution in [1.82, 2.24) is 15.3 Å². The van der Waals surface area contributed by atoms with Crippen LogP contribution in [0.25, 0.3) is 0 Å². The van der Waals surface area contributed by atoms with Gasteiger partial charge in [0, 0.05) is 34.9 Å². The van der Waals surface area contributed by atoms with E-state index in [0.717, 1.165) is 22.9 Å². The molecule has 6 heteroatoms. The number of amides is 1. The van der Waals surface area contributed by atoms with Crippen LogP contribution >= 0.6 is 11.8 Å².